The first-order chi connectivity index (χ1) is 9.56. The van der Waals surface area contributed by atoms with Gasteiger partial charge >= 0.3 is 5.97 Å². The first-order valence-electron chi connectivity index (χ1n) is 6.95. The third-order valence-corrected chi connectivity index (χ3v) is 2.95. The van der Waals surface area contributed by atoms with Crippen molar-refractivity contribution in [2.24, 2.45) is 5.92 Å². The van der Waals surface area contributed by atoms with E-state index < -0.39 is 11.9 Å². The summed E-state index contributed by atoms with van der Waals surface area (Å²) < 4.78 is 5.02. The highest BCUT2D eigenvalue weighted by atomic mass is 16.5. The van der Waals surface area contributed by atoms with Gasteiger partial charge in [-0.05, 0) is 33.6 Å². The summed E-state index contributed by atoms with van der Waals surface area (Å²) in [6.07, 6.45) is 3.21. The molecule has 0 saturated carbocycles. The van der Waals surface area contributed by atoms with Gasteiger partial charge in [0.15, 0.2) is 5.78 Å². The maximum atomic E-state index is 12.4. The molecule has 1 aromatic carbocycles. The van der Waals surface area contributed by atoms with Crippen LogP contribution in [0.1, 0.15) is 44.0 Å². The second-order valence-electron chi connectivity index (χ2n) is 4.89. The van der Waals surface area contributed by atoms with Crippen molar-refractivity contribution in [2.45, 2.75) is 33.6 Å². The number of Topliss-reactive ketones (excluding diaryl/α,β-unsaturated/α-hetero) is 1. The summed E-state index contributed by atoms with van der Waals surface area (Å²) >= 11 is 0. The molecular weight excluding hydrogens is 252 g/mol. The van der Waals surface area contributed by atoms with Crippen molar-refractivity contribution in [2.75, 3.05) is 6.61 Å². The lowest BCUT2D eigenvalue weighted by atomic mass is 9.93. The molecule has 0 fully saturated rings. The summed E-state index contributed by atoms with van der Waals surface area (Å²) in [6, 6.07) is 8.90. The van der Waals surface area contributed by atoms with Crippen molar-refractivity contribution in [1.82, 2.24) is 0 Å². The summed E-state index contributed by atoms with van der Waals surface area (Å²) in [5.74, 6) is -1.30. The highest BCUT2D eigenvalue weighted by molar-refractivity contribution is 6.08. The zero-order valence-electron chi connectivity index (χ0n) is 12.4. The van der Waals surface area contributed by atoms with Crippen molar-refractivity contribution in [3.8, 4) is 0 Å². The SMILES string of the molecule is CCOC(=O)C(CCC=C(C)C)C(=O)c1ccccc1. The molecule has 0 bridgehead atoms. The standard InChI is InChI=1S/C17H22O3/c1-4-20-17(19)15(12-8-9-13(2)3)16(18)14-10-6-5-7-11-14/h5-7,9-11,15H,4,8,12H2,1-3H3. The van der Waals surface area contributed by atoms with Crippen LogP contribution in [-0.4, -0.2) is 18.4 Å². The topological polar surface area (TPSA) is 43.4 Å². The Balaban J connectivity index is 2.84. The van der Waals surface area contributed by atoms with Gasteiger partial charge in [0.05, 0.1) is 6.61 Å². The van der Waals surface area contributed by atoms with Crippen LogP contribution in [0, 0.1) is 5.92 Å². The Morgan fingerprint density at radius 1 is 1.20 bits per heavy atom. The monoisotopic (exact) mass is 274 g/mol. The smallest absolute Gasteiger partial charge is 0.316 e. The molecule has 0 radical (unpaired) electrons. The van der Waals surface area contributed by atoms with Crippen LogP contribution in [0.4, 0.5) is 0 Å². The fourth-order valence-electron chi connectivity index (χ4n) is 1.94. The highest BCUT2D eigenvalue weighted by Crippen LogP contribution is 2.17. The Bertz CT molecular complexity index is 470. The maximum Gasteiger partial charge on any atom is 0.316 e. The number of benzene rings is 1. The van der Waals surface area contributed by atoms with E-state index in [1.807, 2.05) is 26.0 Å². The summed E-state index contributed by atoms with van der Waals surface area (Å²) in [5, 5.41) is 0. The molecule has 3 heteroatoms. The van der Waals surface area contributed by atoms with E-state index in [1.165, 1.54) is 5.57 Å². The molecule has 0 amide bonds. The van der Waals surface area contributed by atoms with E-state index in [1.54, 1.807) is 31.2 Å². The number of hydrogen-bond acceptors (Lipinski definition) is 3. The van der Waals surface area contributed by atoms with Gasteiger partial charge in [-0.2, -0.15) is 0 Å². The highest BCUT2D eigenvalue weighted by Gasteiger charge is 2.27. The summed E-state index contributed by atoms with van der Waals surface area (Å²) in [5.41, 5.74) is 1.74. The molecule has 0 heterocycles. The van der Waals surface area contributed by atoms with Gasteiger partial charge in [-0.25, -0.2) is 0 Å². The van der Waals surface area contributed by atoms with E-state index in [-0.39, 0.29) is 5.78 Å². The van der Waals surface area contributed by atoms with Crippen LogP contribution in [-0.2, 0) is 9.53 Å². The molecule has 3 nitrogen and oxygen atoms in total. The third kappa shape index (κ3) is 5.00. The molecule has 0 aliphatic heterocycles. The van der Waals surface area contributed by atoms with Crippen molar-refractivity contribution in [3.63, 3.8) is 0 Å². The van der Waals surface area contributed by atoms with Gasteiger partial charge in [0.25, 0.3) is 0 Å². The van der Waals surface area contributed by atoms with E-state index in [0.29, 0.717) is 25.0 Å². The molecule has 1 unspecified atom stereocenters. The van der Waals surface area contributed by atoms with E-state index in [0.717, 1.165) is 0 Å². The van der Waals surface area contributed by atoms with Crippen LogP contribution < -0.4 is 0 Å². The van der Waals surface area contributed by atoms with Crippen molar-refractivity contribution < 1.29 is 14.3 Å². The molecule has 1 rings (SSSR count). The Kier molecular flexibility index (Phi) is 6.71. The average molecular weight is 274 g/mol. The fraction of sp³-hybridized carbons (Fsp3) is 0.412. The molecule has 108 valence electrons. The molecule has 1 atom stereocenters. The Hall–Kier alpha value is -1.90. The zero-order chi connectivity index (χ0) is 15.0. The predicted molar refractivity (Wildman–Crippen MR) is 79.6 cm³/mol. The predicted octanol–water partition coefficient (Wildman–Crippen LogP) is 3.80. The molecule has 0 saturated heterocycles. The second-order valence-corrected chi connectivity index (χ2v) is 4.89. The van der Waals surface area contributed by atoms with E-state index in [4.69, 9.17) is 4.74 Å². The first-order valence-corrected chi connectivity index (χ1v) is 6.95. The van der Waals surface area contributed by atoms with Crippen molar-refractivity contribution >= 4 is 11.8 Å². The quantitative estimate of drug-likeness (QED) is 0.329. The lowest BCUT2D eigenvalue weighted by molar-refractivity contribution is -0.146. The number of hydrogen-bond donors (Lipinski definition) is 0. The number of carbonyl (C=O) groups excluding carboxylic acids is 2. The normalized spacial score (nSPS) is 11.6. The Morgan fingerprint density at radius 3 is 2.40 bits per heavy atom. The molecule has 0 aliphatic carbocycles. The average Bonchev–Trinajstić information content (AvgIpc) is 2.44. The molecule has 1 aromatic rings. The lowest BCUT2D eigenvalue weighted by Crippen LogP contribution is -2.26. The van der Waals surface area contributed by atoms with Crippen LogP contribution in [0.2, 0.25) is 0 Å². The minimum Gasteiger partial charge on any atom is -0.465 e. The minimum absolute atomic E-state index is 0.161. The van der Waals surface area contributed by atoms with E-state index >= 15 is 0 Å². The van der Waals surface area contributed by atoms with E-state index in [9.17, 15) is 9.59 Å². The van der Waals surface area contributed by atoms with Gasteiger partial charge in [-0.15, -0.1) is 0 Å². The van der Waals surface area contributed by atoms with Crippen LogP contribution in [0.15, 0.2) is 42.0 Å². The lowest BCUT2D eigenvalue weighted by Gasteiger charge is -2.14. The number of esters is 1. The summed E-state index contributed by atoms with van der Waals surface area (Å²) in [4.78, 5) is 24.4. The van der Waals surface area contributed by atoms with Gasteiger partial charge < -0.3 is 4.74 Å². The molecule has 0 aromatic heterocycles. The Morgan fingerprint density at radius 2 is 1.85 bits per heavy atom. The van der Waals surface area contributed by atoms with Gasteiger partial charge in [-0.3, -0.25) is 9.59 Å². The molecule has 0 spiro atoms. The third-order valence-electron chi connectivity index (χ3n) is 2.95. The fourth-order valence-corrected chi connectivity index (χ4v) is 1.94. The van der Waals surface area contributed by atoms with Crippen molar-refractivity contribution in [1.29, 1.82) is 0 Å². The summed E-state index contributed by atoms with van der Waals surface area (Å²) in [6.45, 7) is 6.04. The van der Waals surface area contributed by atoms with Crippen LogP contribution in [0.25, 0.3) is 0 Å². The van der Waals surface area contributed by atoms with Crippen LogP contribution in [0.5, 0.6) is 0 Å². The number of rotatable bonds is 7. The van der Waals surface area contributed by atoms with Crippen LogP contribution in [0.3, 0.4) is 0 Å². The van der Waals surface area contributed by atoms with Gasteiger partial charge in [0.2, 0.25) is 0 Å². The second kappa shape index (κ2) is 8.31. The van der Waals surface area contributed by atoms with Crippen LogP contribution >= 0.6 is 0 Å². The molecule has 20 heavy (non-hydrogen) atoms. The molecular formula is C17H22O3. The summed E-state index contributed by atoms with van der Waals surface area (Å²) in [7, 11) is 0. The maximum absolute atomic E-state index is 12.4. The molecule has 0 aliphatic rings. The minimum atomic E-state index is -0.715. The first kappa shape index (κ1) is 16.2. The number of carbonyl (C=O) groups is 2. The number of ketones is 1. The molecule has 0 N–H and O–H groups in total. The van der Waals surface area contributed by atoms with Gasteiger partial charge in [0, 0.05) is 5.56 Å². The largest absolute Gasteiger partial charge is 0.465 e. The Labute approximate surface area is 120 Å². The van der Waals surface area contributed by atoms with Crippen molar-refractivity contribution in [3.05, 3.63) is 47.5 Å². The number of ether oxygens (including phenoxy) is 1. The number of allylic oxidation sites excluding steroid dienone is 2. The van der Waals surface area contributed by atoms with E-state index in [2.05, 4.69) is 0 Å². The zero-order valence-corrected chi connectivity index (χ0v) is 12.4. The van der Waals surface area contributed by atoms with Gasteiger partial charge in [0.1, 0.15) is 5.92 Å². The van der Waals surface area contributed by atoms with Gasteiger partial charge in [-0.1, -0.05) is 42.0 Å².